The van der Waals surface area contributed by atoms with E-state index in [1.165, 1.54) is 16.8 Å². The molecule has 0 fully saturated rings. The summed E-state index contributed by atoms with van der Waals surface area (Å²) >= 11 is 0. The predicted molar refractivity (Wildman–Crippen MR) is 67.4 cm³/mol. The second-order valence-electron chi connectivity index (χ2n) is 4.19. The molecule has 6 heteroatoms. The second kappa shape index (κ2) is 6.90. The van der Waals surface area contributed by atoms with Crippen LogP contribution in [0.5, 0.6) is 0 Å². The van der Waals surface area contributed by atoms with Crippen molar-refractivity contribution in [2.24, 2.45) is 0 Å². The SMILES string of the molecule is CCCCn1nc(C(=O)NC[C@@H](C)O)ccc1=O. The number of nitrogens with one attached hydrogen (secondary N) is 1. The highest BCUT2D eigenvalue weighted by Gasteiger charge is 2.09. The van der Waals surface area contributed by atoms with Crippen LogP contribution in [-0.4, -0.2) is 33.4 Å². The van der Waals surface area contributed by atoms with Gasteiger partial charge in [-0.3, -0.25) is 9.59 Å². The van der Waals surface area contributed by atoms with Gasteiger partial charge in [0.25, 0.3) is 11.5 Å². The molecule has 0 spiro atoms. The third-order valence-electron chi connectivity index (χ3n) is 2.38. The summed E-state index contributed by atoms with van der Waals surface area (Å²) in [6, 6.07) is 2.72. The smallest absolute Gasteiger partial charge is 0.271 e. The summed E-state index contributed by atoms with van der Waals surface area (Å²) in [7, 11) is 0. The Morgan fingerprint density at radius 1 is 1.56 bits per heavy atom. The summed E-state index contributed by atoms with van der Waals surface area (Å²) < 4.78 is 1.29. The minimum Gasteiger partial charge on any atom is -0.392 e. The minimum absolute atomic E-state index is 0.161. The van der Waals surface area contributed by atoms with Gasteiger partial charge in [0.05, 0.1) is 6.10 Å². The van der Waals surface area contributed by atoms with E-state index in [9.17, 15) is 9.59 Å². The van der Waals surface area contributed by atoms with Crippen LogP contribution in [0.3, 0.4) is 0 Å². The first kappa shape index (κ1) is 14.4. The van der Waals surface area contributed by atoms with Crippen LogP contribution in [-0.2, 0) is 6.54 Å². The Labute approximate surface area is 106 Å². The molecule has 0 bridgehead atoms. The van der Waals surface area contributed by atoms with Crippen molar-refractivity contribution in [2.45, 2.75) is 39.3 Å². The van der Waals surface area contributed by atoms with Gasteiger partial charge in [0.15, 0.2) is 0 Å². The number of carbonyl (C=O) groups excluding carboxylic acids is 1. The molecule has 1 atom stereocenters. The van der Waals surface area contributed by atoms with Gasteiger partial charge in [-0.05, 0) is 19.4 Å². The Morgan fingerprint density at radius 2 is 2.28 bits per heavy atom. The maximum Gasteiger partial charge on any atom is 0.271 e. The zero-order valence-electron chi connectivity index (χ0n) is 10.7. The van der Waals surface area contributed by atoms with Gasteiger partial charge in [0.2, 0.25) is 0 Å². The van der Waals surface area contributed by atoms with Gasteiger partial charge in [0.1, 0.15) is 5.69 Å². The lowest BCUT2D eigenvalue weighted by Gasteiger charge is -2.08. The molecule has 0 saturated carbocycles. The normalized spacial score (nSPS) is 12.2. The van der Waals surface area contributed by atoms with Crippen molar-refractivity contribution in [1.29, 1.82) is 0 Å². The van der Waals surface area contributed by atoms with E-state index in [-0.39, 0.29) is 23.7 Å². The van der Waals surface area contributed by atoms with Crippen LogP contribution in [0.25, 0.3) is 0 Å². The molecule has 2 N–H and O–H groups in total. The number of unbranched alkanes of at least 4 members (excludes halogenated alkanes) is 1. The Hall–Kier alpha value is -1.69. The summed E-state index contributed by atoms with van der Waals surface area (Å²) in [5, 5.41) is 15.6. The number of aliphatic hydroxyl groups is 1. The van der Waals surface area contributed by atoms with E-state index >= 15 is 0 Å². The number of carbonyl (C=O) groups is 1. The van der Waals surface area contributed by atoms with Crippen LogP contribution in [0.15, 0.2) is 16.9 Å². The molecular weight excluding hydrogens is 234 g/mol. The maximum absolute atomic E-state index is 11.7. The summed E-state index contributed by atoms with van der Waals surface area (Å²) in [5.74, 6) is -0.388. The Bertz CT molecular complexity index is 454. The Balaban J connectivity index is 2.77. The first-order valence-electron chi connectivity index (χ1n) is 6.09. The van der Waals surface area contributed by atoms with Crippen molar-refractivity contribution < 1.29 is 9.90 Å². The summed E-state index contributed by atoms with van der Waals surface area (Å²) in [6.45, 7) is 4.27. The molecule has 1 aromatic heterocycles. The van der Waals surface area contributed by atoms with E-state index in [2.05, 4.69) is 10.4 Å². The van der Waals surface area contributed by atoms with E-state index in [0.29, 0.717) is 6.54 Å². The molecule has 1 aromatic rings. The largest absolute Gasteiger partial charge is 0.392 e. The summed E-state index contributed by atoms with van der Waals surface area (Å²) in [6.07, 6.45) is 1.18. The van der Waals surface area contributed by atoms with Gasteiger partial charge < -0.3 is 10.4 Å². The molecule has 1 amide bonds. The van der Waals surface area contributed by atoms with Crippen LogP contribution in [0, 0.1) is 0 Å². The molecule has 0 aliphatic heterocycles. The van der Waals surface area contributed by atoms with Gasteiger partial charge in [-0.15, -0.1) is 0 Å². The Kier molecular flexibility index (Phi) is 5.51. The first-order valence-corrected chi connectivity index (χ1v) is 6.09. The van der Waals surface area contributed by atoms with Crippen molar-refractivity contribution in [3.05, 3.63) is 28.2 Å². The number of nitrogens with zero attached hydrogens (tertiary/aromatic N) is 2. The standard InChI is InChI=1S/C12H19N3O3/c1-3-4-7-15-11(17)6-5-10(14-15)12(18)13-8-9(2)16/h5-6,9,16H,3-4,7-8H2,1-2H3,(H,13,18)/t9-/m1/s1. The highest BCUT2D eigenvalue weighted by Crippen LogP contribution is 1.94. The number of hydrogen-bond donors (Lipinski definition) is 2. The third kappa shape index (κ3) is 4.29. The lowest BCUT2D eigenvalue weighted by atomic mass is 10.3. The van der Waals surface area contributed by atoms with Gasteiger partial charge in [-0.2, -0.15) is 5.10 Å². The van der Waals surface area contributed by atoms with Crippen LogP contribution < -0.4 is 10.9 Å². The van der Waals surface area contributed by atoms with Gasteiger partial charge in [0, 0.05) is 19.2 Å². The number of hydrogen-bond acceptors (Lipinski definition) is 4. The molecule has 100 valence electrons. The molecule has 18 heavy (non-hydrogen) atoms. The number of aryl methyl sites for hydroxylation is 1. The van der Waals surface area contributed by atoms with Crippen LogP contribution in [0.2, 0.25) is 0 Å². The fraction of sp³-hybridized carbons (Fsp3) is 0.583. The van der Waals surface area contributed by atoms with Crippen molar-refractivity contribution in [2.75, 3.05) is 6.54 Å². The molecular formula is C12H19N3O3. The van der Waals surface area contributed by atoms with Gasteiger partial charge in [-0.1, -0.05) is 13.3 Å². The van der Waals surface area contributed by atoms with Crippen LogP contribution in [0.1, 0.15) is 37.2 Å². The molecule has 0 saturated heterocycles. The van der Waals surface area contributed by atoms with Crippen molar-refractivity contribution >= 4 is 5.91 Å². The number of amides is 1. The van der Waals surface area contributed by atoms with Crippen molar-refractivity contribution in [3.8, 4) is 0 Å². The molecule has 0 radical (unpaired) electrons. The molecule has 1 rings (SSSR count). The molecule has 0 aromatic carbocycles. The number of aliphatic hydroxyl groups excluding tert-OH is 1. The molecule has 6 nitrogen and oxygen atoms in total. The maximum atomic E-state index is 11.7. The monoisotopic (exact) mass is 253 g/mol. The Morgan fingerprint density at radius 3 is 2.89 bits per heavy atom. The predicted octanol–water partition coefficient (Wildman–Crippen LogP) is 0.154. The topological polar surface area (TPSA) is 84.2 Å². The average Bonchev–Trinajstić information content (AvgIpc) is 2.35. The summed E-state index contributed by atoms with van der Waals surface area (Å²) in [4.78, 5) is 23.2. The molecule has 0 aliphatic rings. The molecule has 1 heterocycles. The lowest BCUT2D eigenvalue weighted by Crippen LogP contribution is -2.33. The first-order chi connectivity index (χ1) is 8.54. The third-order valence-corrected chi connectivity index (χ3v) is 2.38. The van der Waals surface area contributed by atoms with E-state index in [0.717, 1.165) is 12.8 Å². The van der Waals surface area contributed by atoms with Crippen LogP contribution in [0.4, 0.5) is 0 Å². The lowest BCUT2D eigenvalue weighted by molar-refractivity contribution is 0.0916. The fourth-order valence-corrected chi connectivity index (χ4v) is 1.37. The van der Waals surface area contributed by atoms with Gasteiger partial charge >= 0.3 is 0 Å². The average molecular weight is 253 g/mol. The number of aromatic nitrogens is 2. The van der Waals surface area contributed by atoms with Crippen LogP contribution >= 0.6 is 0 Å². The van der Waals surface area contributed by atoms with E-state index in [1.54, 1.807) is 6.92 Å². The second-order valence-corrected chi connectivity index (χ2v) is 4.19. The molecule has 0 aliphatic carbocycles. The highest BCUT2D eigenvalue weighted by molar-refractivity contribution is 5.91. The number of rotatable bonds is 6. The van der Waals surface area contributed by atoms with E-state index in [4.69, 9.17) is 5.11 Å². The van der Waals surface area contributed by atoms with Crippen molar-refractivity contribution in [3.63, 3.8) is 0 Å². The zero-order valence-corrected chi connectivity index (χ0v) is 10.7. The fourth-order valence-electron chi connectivity index (χ4n) is 1.37. The zero-order chi connectivity index (χ0) is 13.5. The minimum atomic E-state index is -0.611. The quantitative estimate of drug-likeness (QED) is 0.756. The van der Waals surface area contributed by atoms with E-state index in [1.807, 2.05) is 6.92 Å². The van der Waals surface area contributed by atoms with E-state index < -0.39 is 6.10 Å². The van der Waals surface area contributed by atoms with Gasteiger partial charge in [-0.25, -0.2) is 4.68 Å². The highest BCUT2D eigenvalue weighted by atomic mass is 16.3. The summed E-state index contributed by atoms with van der Waals surface area (Å²) in [5.41, 5.74) is -0.0260. The van der Waals surface area contributed by atoms with Crippen molar-refractivity contribution in [1.82, 2.24) is 15.1 Å². The molecule has 0 unspecified atom stereocenters.